The van der Waals surface area contributed by atoms with Crippen molar-refractivity contribution in [2.45, 2.75) is 45.6 Å². The Bertz CT molecular complexity index is 362. The van der Waals surface area contributed by atoms with Gasteiger partial charge in [-0.2, -0.15) is 0 Å². The second-order valence-corrected chi connectivity index (χ2v) is 6.43. The summed E-state index contributed by atoms with van der Waals surface area (Å²) in [6.45, 7) is 4.84. The quantitative estimate of drug-likeness (QED) is 0.797. The van der Waals surface area contributed by atoms with Crippen LogP contribution in [0.1, 0.15) is 38.0 Å². The van der Waals surface area contributed by atoms with Crippen LogP contribution in [0.2, 0.25) is 0 Å². The summed E-state index contributed by atoms with van der Waals surface area (Å²) in [6.07, 6.45) is 3.91. The second kappa shape index (κ2) is 8.33. The first-order chi connectivity index (χ1) is 9.00. The van der Waals surface area contributed by atoms with Crippen LogP contribution in [0, 0.1) is 5.92 Å². The van der Waals surface area contributed by atoms with Crippen molar-refractivity contribution in [1.29, 1.82) is 0 Å². The molecule has 108 valence electrons. The van der Waals surface area contributed by atoms with E-state index >= 15 is 0 Å². The van der Waals surface area contributed by atoms with Crippen LogP contribution in [0.3, 0.4) is 0 Å². The van der Waals surface area contributed by atoms with E-state index in [0.717, 1.165) is 32.2 Å². The number of amides is 1. The number of hydrogen-bond acceptors (Lipinski definition) is 3. The molecule has 0 bridgehead atoms. The molecule has 0 aliphatic heterocycles. The lowest BCUT2D eigenvalue weighted by Gasteiger charge is -2.21. The standard InChI is InChI=1S/C15H26N2OS/c1-12(6-4-7-13(2)16)15(18)17(3)10-9-14-8-5-11-19-14/h5,8,11-13H,4,6-7,9-10,16H2,1-3H3. The molecule has 19 heavy (non-hydrogen) atoms. The van der Waals surface area contributed by atoms with Gasteiger partial charge in [0.2, 0.25) is 5.91 Å². The summed E-state index contributed by atoms with van der Waals surface area (Å²) in [5.74, 6) is 0.355. The SMILES string of the molecule is CC(N)CCCC(C)C(=O)N(C)CCc1cccs1. The molecule has 0 aromatic carbocycles. The van der Waals surface area contributed by atoms with Crippen LogP contribution in [-0.4, -0.2) is 30.4 Å². The summed E-state index contributed by atoms with van der Waals surface area (Å²) in [5.41, 5.74) is 5.72. The molecule has 0 aliphatic rings. The maximum atomic E-state index is 12.2. The highest BCUT2D eigenvalue weighted by Crippen LogP contribution is 2.13. The van der Waals surface area contributed by atoms with Crippen LogP contribution in [0.4, 0.5) is 0 Å². The van der Waals surface area contributed by atoms with Crippen LogP contribution < -0.4 is 5.73 Å². The number of likely N-dealkylation sites (N-methyl/N-ethyl adjacent to an activating group) is 1. The maximum absolute atomic E-state index is 12.2. The summed E-state index contributed by atoms with van der Waals surface area (Å²) < 4.78 is 0. The molecule has 1 aromatic rings. The van der Waals surface area contributed by atoms with Gasteiger partial charge in [0.05, 0.1) is 0 Å². The minimum atomic E-state index is 0.104. The largest absolute Gasteiger partial charge is 0.345 e. The molecule has 2 N–H and O–H groups in total. The predicted molar refractivity (Wildman–Crippen MR) is 82.3 cm³/mol. The van der Waals surface area contributed by atoms with Crippen molar-refractivity contribution >= 4 is 17.2 Å². The number of nitrogens with two attached hydrogens (primary N) is 1. The number of thiophene rings is 1. The van der Waals surface area contributed by atoms with Gasteiger partial charge >= 0.3 is 0 Å². The van der Waals surface area contributed by atoms with E-state index in [1.807, 2.05) is 25.8 Å². The molecule has 0 radical (unpaired) electrons. The smallest absolute Gasteiger partial charge is 0.225 e. The van der Waals surface area contributed by atoms with E-state index < -0.39 is 0 Å². The van der Waals surface area contributed by atoms with Gasteiger partial charge in [-0.05, 0) is 37.6 Å². The molecule has 0 fully saturated rings. The van der Waals surface area contributed by atoms with Gasteiger partial charge in [-0.1, -0.05) is 19.4 Å². The molecule has 1 rings (SSSR count). The fourth-order valence-electron chi connectivity index (χ4n) is 2.09. The molecule has 1 heterocycles. The normalized spacial score (nSPS) is 14.1. The Kier molecular flexibility index (Phi) is 7.10. The summed E-state index contributed by atoms with van der Waals surface area (Å²) in [6, 6.07) is 4.41. The Hall–Kier alpha value is -0.870. The molecule has 2 unspecified atom stereocenters. The summed E-state index contributed by atoms with van der Waals surface area (Å²) >= 11 is 1.75. The highest BCUT2D eigenvalue weighted by atomic mass is 32.1. The predicted octanol–water partition coefficient (Wildman–Crippen LogP) is 2.90. The van der Waals surface area contributed by atoms with Gasteiger partial charge in [0, 0.05) is 30.4 Å². The van der Waals surface area contributed by atoms with Gasteiger partial charge in [-0.25, -0.2) is 0 Å². The molecule has 1 aromatic heterocycles. The van der Waals surface area contributed by atoms with Crippen LogP contribution in [-0.2, 0) is 11.2 Å². The summed E-state index contributed by atoms with van der Waals surface area (Å²) in [7, 11) is 1.90. The van der Waals surface area contributed by atoms with E-state index in [1.54, 1.807) is 11.3 Å². The molecule has 0 saturated carbocycles. The van der Waals surface area contributed by atoms with Crippen molar-refractivity contribution in [3.05, 3.63) is 22.4 Å². The van der Waals surface area contributed by atoms with Crippen molar-refractivity contribution in [3.63, 3.8) is 0 Å². The first-order valence-electron chi connectivity index (χ1n) is 7.03. The summed E-state index contributed by atoms with van der Waals surface area (Å²) in [5, 5.41) is 2.08. The van der Waals surface area contributed by atoms with Crippen molar-refractivity contribution in [2.24, 2.45) is 11.7 Å². The zero-order valence-electron chi connectivity index (χ0n) is 12.3. The maximum Gasteiger partial charge on any atom is 0.225 e. The van der Waals surface area contributed by atoms with Gasteiger partial charge in [-0.15, -0.1) is 11.3 Å². The van der Waals surface area contributed by atoms with Crippen LogP contribution in [0.5, 0.6) is 0 Å². The van der Waals surface area contributed by atoms with Crippen LogP contribution in [0.15, 0.2) is 17.5 Å². The van der Waals surface area contributed by atoms with Crippen LogP contribution >= 0.6 is 11.3 Å². The molecule has 0 aliphatic carbocycles. The van der Waals surface area contributed by atoms with E-state index in [-0.39, 0.29) is 17.9 Å². The molecular weight excluding hydrogens is 256 g/mol. The van der Waals surface area contributed by atoms with E-state index in [2.05, 4.69) is 17.5 Å². The number of rotatable bonds is 8. The number of hydrogen-bond donors (Lipinski definition) is 1. The first kappa shape index (κ1) is 16.2. The van der Waals surface area contributed by atoms with Gasteiger partial charge in [0.15, 0.2) is 0 Å². The third kappa shape index (κ3) is 6.21. The topological polar surface area (TPSA) is 46.3 Å². The van der Waals surface area contributed by atoms with E-state index in [9.17, 15) is 4.79 Å². The van der Waals surface area contributed by atoms with E-state index in [4.69, 9.17) is 5.73 Å². The zero-order chi connectivity index (χ0) is 14.3. The minimum Gasteiger partial charge on any atom is -0.345 e. The molecule has 0 spiro atoms. The van der Waals surface area contributed by atoms with Gasteiger partial charge < -0.3 is 10.6 Å². The van der Waals surface area contributed by atoms with E-state index in [1.165, 1.54) is 4.88 Å². The van der Waals surface area contributed by atoms with Crippen molar-refractivity contribution < 1.29 is 4.79 Å². The molecule has 1 amide bonds. The molecule has 3 nitrogen and oxygen atoms in total. The lowest BCUT2D eigenvalue weighted by atomic mass is 10.0. The monoisotopic (exact) mass is 282 g/mol. The molecule has 4 heteroatoms. The lowest BCUT2D eigenvalue weighted by molar-refractivity contribution is -0.133. The molecule has 0 saturated heterocycles. The third-order valence-corrected chi connectivity index (χ3v) is 4.30. The Morgan fingerprint density at radius 1 is 1.42 bits per heavy atom. The highest BCUT2D eigenvalue weighted by Gasteiger charge is 2.17. The molecule has 2 atom stereocenters. The number of carbonyl (C=O) groups is 1. The zero-order valence-corrected chi connectivity index (χ0v) is 13.1. The fraction of sp³-hybridized carbons (Fsp3) is 0.667. The Labute approximate surface area is 120 Å². The average Bonchev–Trinajstić information content (AvgIpc) is 2.87. The van der Waals surface area contributed by atoms with Gasteiger partial charge in [0.25, 0.3) is 0 Å². The van der Waals surface area contributed by atoms with Crippen molar-refractivity contribution in [1.82, 2.24) is 4.90 Å². The van der Waals surface area contributed by atoms with Crippen LogP contribution in [0.25, 0.3) is 0 Å². The van der Waals surface area contributed by atoms with Gasteiger partial charge in [-0.3, -0.25) is 4.79 Å². The van der Waals surface area contributed by atoms with Crippen molar-refractivity contribution in [2.75, 3.05) is 13.6 Å². The first-order valence-corrected chi connectivity index (χ1v) is 7.91. The average molecular weight is 282 g/mol. The Morgan fingerprint density at radius 2 is 2.16 bits per heavy atom. The Balaban J connectivity index is 2.26. The number of carbonyl (C=O) groups excluding carboxylic acids is 1. The number of nitrogens with zero attached hydrogens (tertiary/aromatic N) is 1. The Morgan fingerprint density at radius 3 is 2.74 bits per heavy atom. The second-order valence-electron chi connectivity index (χ2n) is 5.40. The minimum absolute atomic E-state index is 0.104. The fourth-order valence-corrected chi connectivity index (χ4v) is 2.79. The van der Waals surface area contributed by atoms with Gasteiger partial charge in [0.1, 0.15) is 0 Å². The molecular formula is C15H26N2OS. The third-order valence-electron chi connectivity index (χ3n) is 3.37. The summed E-state index contributed by atoms with van der Waals surface area (Å²) in [4.78, 5) is 15.4. The van der Waals surface area contributed by atoms with E-state index in [0.29, 0.717) is 0 Å². The van der Waals surface area contributed by atoms with Crippen molar-refractivity contribution in [3.8, 4) is 0 Å². The lowest BCUT2D eigenvalue weighted by Crippen LogP contribution is -2.33. The highest BCUT2D eigenvalue weighted by molar-refractivity contribution is 7.09.